The van der Waals surface area contributed by atoms with Gasteiger partial charge in [0.25, 0.3) is 0 Å². The monoisotopic (exact) mass is 168 g/mol. The second-order valence-corrected chi connectivity index (χ2v) is 4.06. The van der Waals surface area contributed by atoms with E-state index in [0.29, 0.717) is 6.04 Å². The van der Waals surface area contributed by atoms with E-state index in [-0.39, 0.29) is 0 Å². The third-order valence-electron chi connectivity index (χ3n) is 2.08. The molecule has 0 aromatic heterocycles. The first kappa shape index (κ1) is 9.75. The van der Waals surface area contributed by atoms with Gasteiger partial charge in [0, 0.05) is 19.1 Å². The van der Waals surface area contributed by atoms with Gasteiger partial charge < -0.3 is 10.2 Å². The van der Waals surface area contributed by atoms with Gasteiger partial charge >= 0.3 is 0 Å². The molecule has 1 unspecified atom stereocenters. The van der Waals surface area contributed by atoms with Crippen molar-refractivity contribution in [2.75, 3.05) is 26.7 Å². The lowest BCUT2D eigenvalue weighted by Crippen LogP contribution is -2.42. The first-order valence-electron chi connectivity index (χ1n) is 4.77. The van der Waals surface area contributed by atoms with Gasteiger partial charge in [-0.2, -0.15) is 0 Å². The number of likely N-dealkylation sites (N-methyl/N-ethyl adjacent to an activating group) is 1. The molecule has 0 saturated carbocycles. The molecule has 1 heterocycles. The Labute approximate surface area is 75.6 Å². The van der Waals surface area contributed by atoms with Gasteiger partial charge in [-0.05, 0) is 19.5 Å². The van der Waals surface area contributed by atoms with Crippen LogP contribution in [0.2, 0.25) is 0 Å². The van der Waals surface area contributed by atoms with Gasteiger partial charge in [-0.25, -0.2) is 0 Å². The zero-order valence-corrected chi connectivity index (χ0v) is 8.38. The lowest BCUT2D eigenvalue weighted by atomic mass is 10.1. The summed E-state index contributed by atoms with van der Waals surface area (Å²) < 4.78 is 0. The smallest absolute Gasteiger partial charge is 0.0379 e. The summed E-state index contributed by atoms with van der Waals surface area (Å²) in [7, 11) is 2.16. The first-order valence-corrected chi connectivity index (χ1v) is 4.77. The molecule has 1 aliphatic rings. The Balaban J connectivity index is 2.23. The lowest BCUT2D eigenvalue weighted by molar-refractivity contribution is 0.317. The Morgan fingerprint density at radius 1 is 1.58 bits per heavy atom. The molecule has 1 N–H and O–H groups in total. The summed E-state index contributed by atoms with van der Waals surface area (Å²) in [5, 5.41) is 3.52. The van der Waals surface area contributed by atoms with Gasteiger partial charge in [-0.3, -0.25) is 0 Å². The van der Waals surface area contributed by atoms with Gasteiger partial charge in [0.15, 0.2) is 0 Å². The number of rotatable bonds is 3. The number of nitrogens with one attached hydrogen (secondary N) is 1. The predicted octanol–water partition coefficient (Wildman–Crippen LogP) is 1.10. The molecular formula is C10H20N2. The van der Waals surface area contributed by atoms with E-state index in [4.69, 9.17) is 0 Å². The molecule has 1 rings (SSSR count). The van der Waals surface area contributed by atoms with E-state index >= 15 is 0 Å². The first-order chi connectivity index (χ1) is 5.68. The van der Waals surface area contributed by atoms with Crippen LogP contribution in [0.25, 0.3) is 0 Å². The maximum absolute atomic E-state index is 3.52. The molecule has 0 radical (unpaired) electrons. The Hall–Kier alpha value is -0.340. The van der Waals surface area contributed by atoms with Gasteiger partial charge in [0.2, 0.25) is 0 Å². The van der Waals surface area contributed by atoms with Gasteiger partial charge in [-0.15, -0.1) is 0 Å². The molecule has 0 fully saturated rings. The van der Waals surface area contributed by atoms with Crippen LogP contribution in [0, 0.1) is 5.92 Å². The normalized spacial score (nSPS) is 25.2. The van der Waals surface area contributed by atoms with Crippen LogP contribution in [-0.2, 0) is 0 Å². The number of hydrogen-bond acceptors (Lipinski definition) is 2. The molecule has 0 aliphatic carbocycles. The molecule has 0 spiro atoms. The summed E-state index contributed by atoms with van der Waals surface area (Å²) in [6.45, 7) is 7.83. The van der Waals surface area contributed by atoms with Crippen LogP contribution in [0.15, 0.2) is 12.2 Å². The van der Waals surface area contributed by atoms with E-state index in [1.165, 1.54) is 0 Å². The van der Waals surface area contributed by atoms with Gasteiger partial charge in [0.05, 0.1) is 0 Å². The third-order valence-corrected chi connectivity index (χ3v) is 2.08. The maximum atomic E-state index is 3.52. The average Bonchev–Trinajstić information content (AvgIpc) is 2.01. The molecule has 0 amide bonds. The highest BCUT2D eigenvalue weighted by Gasteiger charge is 2.11. The highest BCUT2D eigenvalue weighted by molar-refractivity contribution is 5.00. The Morgan fingerprint density at radius 2 is 2.33 bits per heavy atom. The van der Waals surface area contributed by atoms with E-state index in [0.717, 1.165) is 25.6 Å². The topological polar surface area (TPSA) is 15.3 Å². The highest BCUT2D eigenvalue weighted by Crippen LogP contribution is 2.00. The second-order valence-electron chi connectivity index (χ2n) is 4.06. The zero-order valence-electron chi connectivity index (χ0n) is 8.38. The van der Waals surface area contributed by atoms with Crippen LogP contribution in [-0.4, -0.2) is 37.6 Å². The molecule has 1 atom stereocenters. The van der Waals surface area contributed by atoms with Crippen LogP contribution >= 0.6 is 0 Å². The van der Waals surface area contributed by atoms with Crippen molar-refractivity contribution in [3.05, 3.63) is 12.2 Å². The van der Waals surface area contributed by atoms with Crippen molar-refractivity contribution >= 4 is 0 Å². The molecule has 1 aliphatic heterocycles. The summed E-state index contributed by atoms with van der Waals surface area (Å²) in [4.78, 5) is 2.33. The van der Waals surface area contributed by atoms with Crippen LogP contribution < -0.4 is 5.32 Å². The number of hydrogen-bond donors (Lipinski definition) is 1. The van der Waals surface area contributed by atoms with Crippen molar-refractivity contribution in [2.45, 2.75) is 19.9 Å². The van der Waals surface area contributed by atoms with Crippen LogP contribution in [0.1, 0.15) is 13.8 Å². The summed E-state index contributed by atoms with van der Waals surface area (Å²) >= 11 is 0. The Kier molecular flexibility index (Phi) is 3.76. The van der Waals surface area contributed by atoms with Crippen LogP contribution in [0.3, 0.4) is 0 Å². The van der Waals surface area contributed by atoms with Crippen LogP contribution in [0.5, 0.6) is 0 Å². The molecule has 0 saturated heterocycles. The van der Waals surface area contributed by atoms with E-state index in [1.807, 2.05) is 0 Å². The van der Waals surface area contributed by atoms with Crippen molar-refractivity contribution in [2.24, 2.45) is 5.92 Å². The van der Waals surface area contributed by atoms with E-state index < -0.39 is 0 Å². The summed E-state index contributed by atoms with van der Waals surface area (Å²) in [5.41, 5.74) is 0. The fourth-order valence-corrected chi connectivity index (χ4v) is 1.40. The van der Waals surface area contributed by atoms with Crippen LogP contribution in [0.4, 0.5) is 0 Å². The van der Waals surface area contributed by atoms with E-state index in [9.17, 15) is 0 Å². The van der Waals surface area contributed by atoms with Crippen molar-refractivity contribution < 1.29 is 0 Å². The molecule has 0 aromatic rings. The SMILES string of the molecule is CC(C)CNC1C=CCN(C)C1. The van der Waals surface area contributed by atoms with Gasteiger partial charge in [0.1, 0.15) is 0 Å². The third kappa shape index (κ3) is 3.37. The Bertz CT molecular complexity index is 152. The summed E-state index contributed by atoms with van der Waals surface area (Å²) in [5.74, 6) is 0.741. The zero-order chi connectivity index (χ0) is 8.97. The van der Waals surface area contributed by atoms with Crippen molar-refractivity contribution in [1.29, 1.82) is 0 Å². The standard InChI is InChI=1S/C10H20N2/c1-9(2)7-11-10-5-4-6-12(3)8-10/h4-5,9-11H,6-8H2,1-3H3. The molecule has 0 aromatic carbocycles. The van der Waals surface area contributed by atoms with Crippen molar-refractivity contribution in [1.82, 2.24) is 10.2 Å². The van der Waals surface area contributed by atoms with Gasteiger partial charge in [-0.1, -0.05) is 26.0 Å². The maximum Gasteiger partial charge on any atom is 0.0379 e. The van der Waals surface area contributed by atoms with E-state index in [1.54, 1.807) is 0 Å². The summed E-state index contributed by atoms with van der Waals surface area (Å²) in [6.07, 6.45) is 4.52. The minimum absolute atomic E-state index is 0.561. The quantitative estimate of drug-likeness (QED) is 0.635. The highest BCUT2D eigenvalue weighted by atomic mass is 15.1. The second kappa shape index (κ2) is 4.63. The van der Waals surface area contributed by atoms with E-state index in [2.05, 4.69) is 43.3 Å². The van der Waals surface area contributed by atoms with Crippen molar-refractivity contribution in [3.8, 4) is 0 Å². The molecule has 70 valence electrons. The lowest BCUT2D eigenvalue weighted by Gasteiger charge is -2.26. The molecule has 2 nitrogen and oxygen atoms in total. The van der Waals surface area contributed by atoms with Crippen molar-refractivity contribution in [3.63, 3.8) is 0 Å². The molecule has 2 heteroatoms. The Morgan fingerprint density at radius 3 is 2.92 bits per heavy atom. The average molecular weight is 168 g/mol. The molecular weight excluding hydrogens is 148 g/mol. The fourth-order valence-electron chi connectivity index (χ4n) is 1.40. The summed E-state index contributed by atoms with van der Waals surface area (Å²) in [6, 6.07) is 0.561. The molecule has 0 bridgehead atoms. The minimum atomic E-state index is 0.561. The largest absolute Gasteiger partial charge is 0.309 e. The predicted molar refractivity (Wildman–Crippen MR) is 53.3 cm³/mol. The minimum Gasteiger partial charge on any atom is -0.309 e. The molecule has 12 heavy (non-hydrogen) atoms. The fraction of sp³-hybridized carbons (Fsp3) is 0.800. The number of nitrogens with zero attached hydrogens (tertiary/aromatic N) is 1.